The van der Waals surface area contributed by atoms with E-state index in [1.807, 2.05) is 13.1 Å². The second kappa shape index (κ2) is 2.73. The number of rotatable bonds is 0. The zero-order valence-electron chi connectivity index (χ0n) is 6.77. The third-order valence-corrected chi connectivity index (χ3v) is 2.86. The second-order valence-corrected chi connectivity index (χ2v) is 3.92. The molecule has 0 saturated carbocycles. The van der Waals surface area contributed by atoms with Crippen LogP contribution in [-0.2, 0) is 6.42 Å². The lowest BCUT2D eigenvalue weighted by Crippen LogP contribution is -2.12. The zero-order valence-corrected chi connectivity index (χ0v) is 8.36. The molecule has 2 rings (SSSR count). The molecule has 1 aromatic carbocycles. The maximum absolute atomic E-state index is 13.0. The van der Waals surface area contributed by atoms with Crippen molar-refractivity contribution in [3.63, 3.8) is 0 Å². The minimum atomic E-state index is -0.163. The van der Waals surface area contributed by atoms with Crippen molar-refractivity contribution in [1.29, 1.82) is 0 Å². The molecule has 1 aliphatic rings. The summed E-state index contributed by atoms with van der Waals surface area (Å²) < 4.78 is 13.6. The molecule has 1 nitrogen and oxygen atoms in total. The summed E-state index contributed by atoms with van der Waals surface area (Å²) in [6.45, 7) is 0.991. The van der Waals surface area contributed by atoms with E-state index in [0.717, 1.165) is 24.2 Å². The monoisotopic (exact) mass is 229 g/mol. The van der Waals surface area contributed by atoms with Crippen LogP contribution in [0.1, 0.15) is 5.56 Å². The summed E-state index contributed by atoms with van der Waals surface area (Å²) in [4.78, 5) is 2.14. The Labute approximate surface area is 79.3 Å². The summed E-state index contributed by atoms with van der Waals surface area (Å²) in [6.07, 6.45) is 0.954. The maximum atomic E-state index is 13.0. The number of halogens is 2. The van der Waals surface area contributed by atoms with Gasteiger partial charge in [-0.2, -0.15) is 0 Å². The fourth-order valence-corrected chi connectivity index (χ4v) is 1.87. The van der Waals surface area contributed by atoms with Gasteiger partial charge in [0.1, 0.15) is 5.82 Å². The van der Waals surface area contributed by atoms with Crippen molar-refractivity contribution >= 4 is 21.6 Å². The zero-order chi connectivity index (χ0) is 8.72. The first-order chi connectivity index (χ1) is 5.68. The molecule has 64 valence electrons. The SMILES string of the molecule is CN1CCc2cc(F)c(Br)cc21. The fraction of sp³-hybridized carbons (Fsp3) is 0.333. The Bertz CT molecular complexity index is 325. The van der Waals surface area contributed by atoms with Crippen LogP contribution in [0.2, 0.25) is 0 Å². The number of nitrogens with zero attached hydrogens (tertiary/aromatic N) is 1. The molecule has 3 heteroatoms. The van der Waals surface area contributed by atoms with E-state index < -0.39 is 0 Å². The number of fused-ring (bicyclic) bond motifs is 1. The predicted octanol–water partition coefficient (Wildman–Crippen LogP) is 2.58. The Morgan fingerprint density at radius 2 is 2.25 bits per heavy atom. The van der Waals surface area contributed by atoms with E-state index in [9.17, 15) is 4.39 Å². The number of hydrogen-bond donors (Lipinski definition) is 0. The normalized spacial score (nSPS) is 15.1. The lowest BCUT2D eigenvalue weighted by Gasteiger charge is -2.11. The van der Waals surface area contributed by atoms with Gasteiger partial charge in [0.25, 0.3) is 0 Å². The third kappa shape index (κ3) is 1.12. The highest BCUT2D eigenvalue weighted by Gasteiger charge is 2.17. The van der Waals surface area contributed by atoms with Gasteiger partial charge in [0, 0.05) is 19.3 Å². The van der Waals surface area contributed by atoms with Crippen LogP contribution in [0.15, 0.2) is 16.6 Å². The molecule has 0 saturated heterocycles. The van der Waals surface area contributed by atoms with Crippen LogP contribution in [-0.4, -0.2) is 13.6 Å². The predicted molar refractivity (Wildman–Crippen MR) is 51.1 cm³/mol. The number of likely N-dealkylation sites (N-methyl/N-ethyl adjacent to an activating group) is 1. The van der Waals surface area contributed by atoms with Crippen LogP contribution in [0.5, 0.6) is 0 Å². The first-order valence-electron chi connectivity index (χ1n) is 3.87. The first kappa shape index (κ1) is 8.05. The summed E-state index contributed by atoms with van der Waals surface area (Å²) in [5.41, 5.74) is 2.25. The van der Waals surface area contributed by atoms with Gasteiger partial charge in [0.05, 0.1) is 4.47 Å². The lowest BCUT2D eigenvalue weighted by atomic mass is 10.2. The van der Waals surface area contributed by atoms with E-state index in [0.29, 0.717) is 4.47 Å². The molecule has 1 aliphatic heterocycles. The molecule has 0 aromatic heterocycles. The first-order valence-corrected chi connectivity index (χ1v) is 4.67. The molecule has 0 amide bonds. The standard InChI is InChI=1S/C9H9BrFN/c1-12-3-2-6-4-8(11)7(10)5-9(6)12/h4-5H,2-3H2,1H3. The van der Waals surface area contributed by atoms with Crippen LogP contribution < -0.4 is 4.90 Å². The van der Waals surface area contributed by atoms with Crippen LogP contribution in [0.3, 0.4) is 0 Å². The highest BCUT2D eigenvalue weighted by molar-refractivity contribution is 9.10. The molecule has 0 unspecified atom stereocenters. The molecule has 1 aromatic rings. The van der Waals surface area contributed by atoms with E-state index >= 15 is 0 Å². The smallest absolute Gasteiger partial charge is 0.137 e. The van der Waals surface area contributed by atoms with Crippen molar-refractivity contribution < 1.29 is 4.39 Å². The molecule has 12 heavy (non-hydrogen) atoms. The number of benzene rings is 1. The summed E-state index contributed by atoms with van der Waals surface area (Å²) in [5, 5.41) is 0. The van der Waals surface area contributed by atoms with Crippen molar-refractivity contribution in [3.05, 3.63) is 28.0 Å². The molecular weight excluding hydrogens is 221 g/mol. The van der Waals surface area contributed by atoms with E-state index in [1.165, 1.54) is 0 Å². The van der Waals surface area contributed by atoms with E-state index in [2.05, 4.69) is 20.8 Å². The maximum Gasteiger partial charge on any atom is 0.137 e. The molecule has 1 heterocycles. The molecule has 0 radical (unpaired) electrons. The quantitative estimate of drug-likeness (QED) is 0.662. The number of anilines is 1. The topological polar surface area (TPSA) is 3.24 Å². The molecule has 0 spiro atoms. The van der Waals surface area contributed by atoms with Gasteiger partial charge >= 0.3 is 0 Å². The van der Waals surface area contributed by atoms with Gasteiger partial charge in [-0.05, 0) is 40.0 Å². The molecule has 0 bridgehead atoms. The van der Waals surface area contributed by atoms with Crippen LogP contribution in [0, 0.1) is 5.82 Å². The van der Waals surface area contributed by atoms with Crippen LogP contribution >= 0.6 is 15.9 Å². The van der Waals surface area contributed by atoms with E-state index in [4.69, 9.17) is 0 Å². The van der Waals surface area contributed by atoms with Gasteiger partial charge in [0.15, 0.2) is 0 Å². The van der Waals surface area contributed by atoms with Crippen molar-refractivity contribution in [3.8, 4) is 0 Å². The lowest BCUT2D eigenvalue weighted by molar-refractivity contribution is 0.620. The molecule has 0 aliphatic carbocycles. The Kier molecular flexibility index (Phi) is 1.83. The summed E-state index contributed by atoms with van der Waals surface area (Å²) in [7, 11) is 2.02. The van der Waals surface area contributed by atoms with E-state index in [1.54, 1.807) is 6.07 Å². The average Bonchev–Trinajstić information content (AvgIpc) is 2.35. The Morgan fingerprint density at radius 3 is 3.00 bits per heavy atom. The average molecular weight is 230 g/mol. The van der Waals surface area contributed by atoms with Gasteiger partial charge in [0.2, 0.25) is 0 Å². The summed E-state index contributed by atoms with van der Waals surface area (Å²) in [5.74, 6) is -0.163. The van der Waals surface area contributed by atoms with Gasteiger partial charge in [-0.25, -0.2) is 4.39 Å². The van der Waals surface area contributed by atoms with Gasteiger partial charge in [-0.3, -0.25) is 0 Å². The Hall–Kier alpha value is -0.570. The fourth-order valence-electron chi connectivity index (χ4n) is 1.54. The van der Waals surface area contributed by atoms with Gasteiger partial charge in [-0.1, -0.05) is 0 Å². The number of hydrogen-bond acceptors (Lipinski definition) is 1. The van der Waals surface area contributed by atoms with Crippen molar-refractivity contribution in [2.45, 2.75) is 6.42 Å². The molecule has 0 fully saturated rings. The van der Waals surface area contributed by atoms with Gasteiger partial charge in [-0.15, -0.1) is 0 Å². The highest BCUT2D eigenvalue weighted by Crippen LogP contribution is 2.31. The van der Waals surface area contributed by atoms with Crippen molar-refractivity contribution in [2.75, 3.05) is 18.5 Å². The Balaban J connectivity index is 2.56. The summed E-state index contributed by atoms with van der Waals surface area (Å²) in [6, 6.07) is 3.46. The molecule has 0 N–H and O–H groups in total. The third-order valence-electron chi connectivity index (χ3n) is 2.25. The summed E-state index contributed by atoms with van der Waals surface area (Å²) >= 11 is 3.17. The largest absolute Gasteiger partial charge is 0.374 e. The minimum Gasteiger partial charge on any atom is -0.374 e. The van der Waals surface area contributed by atoms with E-state index in [-0.39, 0.29) is 5.82 Å². The highest BCUT2D eigenvalue weighted by atomic mass is 79.9. The van der Waals surface area contributed by atoms with Crippen LogP contribution in [0.4, 0.5) is 10.1 Å². The van der Waals surface area contributed by atoms with Crippen molar-refractivity contribution in [1.82, 2.24) is 0 Å². The van der Waals surface area contributed by atoms with Crippen LogP contribution in [0.25, 0.3) is 0 Å². The molecular formula is C9H9BrFN. The van der Waals surface area contributed by atoms with Crippen molar-refractivity contribution in [2.24, 2.45) is 0 Å². The Morgan fingerprint density at radius 1 is 1.50 bits per heavy atom. The second-order valence-electron chi connectivity index (χ2n) is 3.07. The van der Waals surface area contributed by atoms with Gasteiger partial charge < -0.3 is 4.90 Å². The minimum absolute atomic E-state index is 0.163. The molecule has 0 atom stereocenters.